The summed E-state index contributed by atoms with van der Waals surface area (Å²) in [4.78, 5) is 23.8. The second-order valence-corrected chi connectivity index (χ2v) is 6.93. The SMILES string of the molecule is CCNC(=O)c1ccc(-n2nnc(C(N)=O)c2C)c(OCCOc2ccc(Cl)cc2)c1. The Morgan fingerprint density at radius 2 is 1.84 bits per heavy atom. The summed E-state index contributed by atoms with van der Waals surface area (Å²) in [5, 5.41) is 11.2. The Hall–Kier alpha value is -3.59. The zero-order chi connectivity index (χ0) is 22.4. The number of benzene rings is 2. The van der Waals surface area contributed by atoms with Gasteiger partial charge in [0.15, 0.2) is 5.69 Å². The van der Waals surface area contributed by atoms with E-state index in [1.54, 1.807) is 49.4 Å². The summed E-state index contributed by atoms with van der Waals surface area (Å²) in [6.07, 6.45) is 0. The maximum atomic E-state index is 12.2. The molecule has 0 spiro atoms. The van der Waals surface area contributed by atoms with Crippen molar-refractivity contribution in [2.75, 3.05) is 19.8 Å². The molecule has 3 aromatic rings. The Morgan fingerprint density at radius 3 is 2.48 bits per heavy atom. The maximum Gasteiger partial charge on any atom is 0.271 e. The summed E-state index contributed by atoms with van der Waals surface area (Å²) in [5.74, 6) is 0.126. The first-order chi connectivity index (χ1) is 14.9. The third-order valence-electron chi connectivity index (χ3n) is 4.34. The second-order valence-electron chi connectivity index (χ2n) is 6.49. The molecule has 1 heterocycles. The highest BCUT2D eigenvalue weighted by atomic mass is 35.5. The van der Waals surface area contributed by atoms with Crippen molar-refractivity contribution < 1.29 is 19.1 Å². The topological polar surface area (TPSA) is 121 Å². The molecular formula is C21H22ClN5O4. The monoisotopic (exact) mass is 443 g/mol. The molecule has 0 aliphatic heterocycles. The lowest BCUT2D eigenvalue weighted by molar-refractivity contribution is 0.0953. The highest BCUT2D eigenvalue weighted by Crippen LogP contribution is 2.26. The molecular weight excluding hydrogens is 422 g/mol. The smallest absolute Gasteiger partial charge is 0.271 e. The Labute approximate surface area is 184 Å². The van der Waals surface area contributed by atoms with Crippen molar-refractivity contribution in [3.63, 3.8) is 0 Å². The molecule has 0 atom stereocenters. The summed E-state index contributed by atoms with van der Waals surface area (Å²) < 4.78 is 13.0. The first-order valence-corrected chi connectivity index (χ1v) is 9.94. The molecule has 0 saturated carbocycles. The quantitative estimate of drug-likeness (QED) is 0.490. The number of nitrogens with zero attached hydrogens (tertiary/aromatic N) is 3. The minimum Gasteiger partial charge on any atom is -0.490 e. The number of hydrogen-bond donors (Lipinski definition) is 2. The lowest BCUT2D eigenvalue weighted by atomic mass is 10.1. The normalized spacial score (nSPS) is 10.5. The van der Waals surface area contributed by atoms with Crippen LogP contribution in [0, 0.1) is 6.92 Å². The van der Waals surface area contributed by atoms with Gasteiger partial charge < -0.3 is 20.5 Å². The Morgan fingerprint density at radius 1 is 1.13 bits per heavy atom. The minimum absolute atomic E-state index is 0.0600. The molecule has 31 heavy (non-hydrogen) atoms. The summed E-state index contributed by atoms with van der Waals surface area (Å²) in [5.41, 5.74) is 6.79. The van der Waals surface area contributed by atoms with E-state index in [1.807, 2.05) is 6.92 Å². The van der Waals surface area contributed by atoms with Gasteiger partial charge >= 0.3 is 0 Å². The van der Waals surface area contributed by atoms with Gasteiger partial charge in [-0.2, -0.15) is 0 Å². The molecule has 9 nitrogen and oxygen atoms in total. The fourth-order valence-corrected chi connectivity index (χ4v) is 2.96. The summed E-state index contributed by atoms with van der Waals surface area (Å²) in [6.45, 7) is 4.46. The first kappa shape index (κ1) is 22.1. The van der Waals surface area contributed by atoms with E-state index in [1.165, 1.54) is 4.68 Å². The number of nitrogens with two attached hydrogens (primary N) is 1. The minimum atomic E-state index is -0.679. The molecule has 0 bridgehead atoms. The molecule has 0 radical (unpaired) electrons. The van der Waals surface area contributed by atoms with E-state index in [0.29, 0.717) is 40.0 Å². The lowest BCUT2D eigenvalue weighted by Gasteiger charge is -2.14. The van der Waals surface area contributed by atoms with Gasteiger partial charge in [-0.05, 0) is 56.3 Å². The van der Waals surface area contributed by atoms with Crippen LogP contribution >= 0.6 is 11.6 Å². The van der Waals surface area contributed by atoms with E-state index in [2.05, 4.69) is 15.6 Å². The van der Waals surface area contributed by atoms with Crippen molar-refractivity contribution in [2.24, 2.45) is 5.73 Å². The molecule has 2 amide bonds. The van der Waals surface area contributed by atoms with E-state index in [4.69, 9.17) is 26.8 Å². The molecule has 162 valence electrons. The van der Waals surface area contributed by atoms with Crippen LogP contribution in [-0.4, -0.2) is 46.6 Å². The summed E-state index contributed by atoms with van der Waals surface area (Å²) in [6, 6.07) is 11.9. The molecule has 10 heteroatoms. The van der Waals surface area contributed by atoms with Crippen molar-refractivity contribution in [3.8, 4) is 17.2 Å². The highest BCUT2D eigenvalue weighted by molar-refractivity contribution is 6.30. The van der Waals surface area contributed by atoms with Crippen molar-refractivity contribution in [3.05, 3.63) is 64.4 Å². The molecule has 2 aromatic carbocycles. The van der Waals surface area contributed by atoms with Crippen LogP contribution in [0.4, 0.5) is 0 Å². The number of ether oxygens (including phenoxy) is 2. The van der Waals surface area contributed by atoms with Crippen molar-refractivity contribution in [1.82, 2.24) is 20.3 Å². The predicted molar refractivity (Wildman–Crippen MR) is 115 cm³/mol. The molecule has 0 saturated heterocycles. The Balaban J connectivity index is 1.82. The van der Waals surface area contributed by atoms with Gasteiger partial charge in [-0.15, -0.1) is 5.10 Å². The third-order valence-corrected chi connectivity index (χ3v) is 4.59. The van der Waals surface area contributed by atoms with Crippen LogP contribution in [0.5, 0.6) is 11.5 Å². The fourth-order valence-electron chi connectivity index (χ4n) is 2.84. The summed E-state index contributed by atoms with van der Waals surface area (Å²) in [7, 11) is 0. The van der Waals surface area contributed by atoms with Gasteiger partial charge in [0.1, 0.15) is 30.4 Å². The molecule has 0 aliphatic rings. The first-order valence-electron chi connectivity index (χ1n) is 9.56. The zero-order valence-corrected chi connectivity index (χ0v) is 17.8. The molecule has 0 fully saturated rings. The average molecular weight is 444 g/mol. The number of carbonyl (C=O) groups excluding carboxylic acids is 2. The number of aromatic nitrogens is 3. The van der Waals surface area contributed by atoms with Gasteiger partial charge in [-0.25, -0.2) is 4.68 Å². The number of halogens is 1. The molecule has 0 unspecified atom stereocenters. The van der Waals surface area contributed by atoms with Crippen LogP contribution in [0.2, 0.25) is 5.02 Å². The number of amides is 2. The van der Waals surface area contributed by atoms with Gasteiger partial charge in [0, 0.05) is 17.1 Å². The fraction of sp³-hybridized carbons (Fsp3) is 0.238. The predicted octanol–water partition coefficient (Wildman–Crippen LogP) is 2.54. The number of nitrogens with one attached hydrogen (secondary N) is 1. The van der Waals surface area contributed by atoms with Gasteiger partial charge in [-0.3, -0.25) is 9.59 Å². The van der Waals surface area contributed by atoms with E-state index in [9.17, 15) is 9.59 Å². The maximum absolute atomic E-state index is 12.2. The van der Waals surface area contributed by atoms with E-state index in [-0.39, 0.29) is 24.8 Å². The van der Waals surface area contributed by atoms with Gasteiger partial charge in [0.05, 0.1) is 5.69 Å². The lowest BCUT2D eigenvalue weighted by Crippen LogP contribution is -2.23. The van der Waals surface area contributed by atoms with E-state index in [0.717, 1.165) is 0 Å². The van der Waals surface area contributed by atoms with Crippen molar-refractivity contribution in [2.45, 2.75) is 13.8 Å². The van der Waals surface area contributed by atoms with Crippen molar-refractivity contribution >= 4 is 23.4 Å². The van der Waals surface area contributed by atoms with Gasteiger partial charge in [0.2, 0.25) is 0 Å². The zero-order valence-electron chi connectivity index (χ0n) is 17.1. The van der Waals surface area contributed by atoms with Crippen LogP contribution in [0.15, 0.2) is 42.5 Å². The van der Waals surface area contributed by atoms with E-state index >= 15 is 0 Å². The molecule has 3 N–H and O–H groups in total. The van der Waals surface area contributed by atoms with Crippen LogP contribution in [0.25, 0.3) is 5.69 Å². The number of primary amides is 1. The largest absolute Gasteiger partial charge is 0.490 e. The van der Waals surface area contributed by atoms with E-state index < -0.39 is 5.91 Å². The molecule has 0 aliphatic carbocycles. The van der Waals surface area contributed by atoms with Crippen molar-refractivity contribution in [1.29, 1.82) is 0 Å². The van der Waals surface area contributed by atoms with Crippen LogP contribution in [0.1, 0.15) is 33.5 Å². The van der Waals surface area contributed by atoms with Crippen LogP contribution in [0.3, 0.4) is 0 Å². The summed E-state index contributed by atoms with van der Waals surface area (Å²) >= 11 is 5.87. The number of rotatable bonds is 9. The van der Waals surface area contributed by atoms with Gasteiger partial charge in [-0.1, -0.05) is 16.8 Å². The van der Waals surface area contributed by atoms with Gasteiger partial charge in [0.25, 0.3) is 11.8 Å². The number of carbonyl (C=O) groups is 2. The highest BCUT2D eigenvalue weighted by Gasteiger charge is 2.18. The Kier molecular flexibility index (Phi) is 7.09. The van der Waals surface area contributed by atoms with Crippen LogP contribution in [-0.2, 0) is 0 Å². The molecule has 3 rings (SSSR count). The van der Waals surface area contributed by atoms with Crippen LogP contribution < -0.4 is 20.5 Å². The number of hydrogen-bond acceptors (Lipinski definition) is 6. The Bertz CT molecular complexity index is 1080. The second kappa shape index (κ2) is 9.94. The molecule has 1 aromatic heterocycles. The third kappa shape index (κ3) is 5.32. The standard InChI is InChI=1S/C21H22ClN5O4/c1-3-24-21(29)14-4-9-17(27-13(2)19(20(23)28)25-26-27)18(12-14)31-11-10-30-16-7-5-15(22)6-8-16/h4-9,12H,3,10-11H2,1-2H3,(H2,23,28)(H,24,29). The average Bonchev–Trinajstić information content (AvgIpc) is 3.14.